The van der Waals surface area contributed by atoms with Crippen molar-refractivity contribution < 1.29 is 14.3 Å². The number of ether oxygens (including phenoxy) is 2. The van der Waals surface area contributed by atoms with Gasteiger partial charge < -0.3 is 14.0 Å². The van der Waals surface area contributed by atoms with Crippen LogP contribution >= 0.6 is 0 Å². The van der Waals surface area contributed by atoms with Crippen LogP contribution in [0.2, 0.25) is 0 Å². The largest absolute Gasteiger partial charge is 0.457 e. The molecule has 4 heteroatoms. The zero-order valence-electron chi connectivity index (χ0n) is 19.0. The van der Waals surface area contributed by atoms with E-state index in [1.807, 2.05) is 84.9 Å². The molecule has 1 heterocycles. The first kappa shape index (κ1) is 22.0. The van der Waals surface area contributed by atoms with Crippen molar-refractivity contribution in [2.24, 2.45) is 0 Å². The van der Waals surface area contributed by atoms with Crippen LogP contribution in [0.3, 0.4) is 0 Å². The number of benzene rings is 4. The third-order valence-corrected chi connectivity index (χ3v) is 5.54. The van der Waals surface area contributed by atoms with Crippen molar-refractivity contribution in [2.45, 2.75) is 0 Å². The monoisotopic (exact) mass is 457 g/mol. The molecule has 0 unspecified atom stereocenters. The maximum Gasteiger partial charge on any atom is 0.335 e. The number of fused-ring (bicyclic) bond motifs is 1. The first-order valence-electron chi connectivity index (χ1n) is 11.3. The zero-order valence-corrected chi connectivity index (χ0v) is 19.0. The van der Waals surface area contributed by atoms with Crippen LogP contribution in [0.5, 0.6) is 17.2 Å². The molecule has 0 saturated heterocycles. The number of esters is 1. The molecular weight excluding hydrogens is 434 g/mol. The molecular formula is C31H23NO3. The summed E-state index contributed by atoms with van der Waals surface area (Å²) < 4.78 is 13.4. The Morgan fingerprint density at radius 2 is 1.40 bits per heavy atom. The lowest BCUT2D eigenvalue weighted by molar-refractivity contribution is -0.128. The highest BCUT2D eigenvalue weighted by Crippen LogP contribution is 2.31. The predicted octanol–water partition coefficient (Wildman–Crippen LogP) is 7.68. The highest BCUT2D eigenvalue weighted by Gasteiger charge is 2.11. The maximum absolute atomic E-state index is 11.7. The highest BCUT2D eigenvalue weighted by molar-refractivity contribution is 5.94. The van der Waals surface area contributed by atoms with E-state index < -0.39 is 5.97 Å². The molecule has 0 saturated carbocycles. The number of nitrogens with zero attached hydrogens (tertiary/aromatic N) is 1. The molecule has 35 heavy (non-hydrogen) atoms. The number of rotatable bonds is 7. The number of hydrogen-bond acceptors (Lipinski definition) is 3. The second kappa shape index (κ2) is 9.98. The molecule has 4 aromatic carbocycles. The van der Waals surface area contributed by atoms with E-state index in [4.69, 9.17) is 9.47 Å². The smallest absolute Gasteiger partial charge is 0.335 e. The fraction of sp³-hybridized carbons (Fsp3) is 0. The molecule has 0 aliphatic heterocycles. The van der Waals surface area contributed by atoms with Crippen molar-refractivity contribution in [3.8, 4) is 22.9 Å². The van der Waals surface area contributed by atoms with Gasteiger partial charge in [0.1, 0.15) is 17.2 Å². The quantitative estimate of drug-likeness (QED) is 0.143. The first-order valence-corrected chi connectivity index (χ1v) is 11.3. The Kier molecular flexibility index (Phi) is 6.27. The summed E-state index contributed by atoms with van der Waals surface area (Å²) in [5.41, 5.74) is 4.09. The summed E-state index contributed by atoms with van der Waals surface area (Å²) in [7, 11) is 0. The van der Waals surface area contributed by atoms with Crippen molar-refractivity contribution in [1.82, 2.24) is 4.57 Å². The van der Waals surface area contributed by atoms with E-state index in [1.54, 1.807) is 6.07 Å². The SMILES string of the molecule is C=CC(=O)Oc1ccc2c(c1)c(C=Cc1ccccc1)cn2-c1ccc(Oc2ccccc2)cc1. The van der Waals surface area contributed by atoms with Crippen LogP contribution in [-0.2, 0) is 4.79 Å². The molecule has 0 fully saturated rings. The van der Waals surface area contributed by atoms with Crippen molar-refractivity contribution in [1.29, 1.82) is 0 Å². The summed E-state index contributed by atoms with van der Waals surface area (Å²) in [4.78, 5) is 11.7. The fourth-order valence-electron chi connectivity index (χ4n) is 3.85. The summed E-state index contributed by atoms with van der Waals surface area (Å²) in [6.45, 7) is 3.48. The van der Waals surface area contributed by atoms with Gasteiger partial charge in [0, 0.05) is 28.9 Å². The molecule has 5 rings (SSSR count). The number of aromatic nitrogens is 1. The normalized spacial score (nSPS) is 11.0. The second-order valence-corrected chi connectivity index (χ2v) is 7.91. The Balaban J connectivity index is 1.52. The van der Waals surface area contributed by atoms with Gasteiger partial charge in [0.2, 0.25) is 0 Å². The van der Waals surface area contributed by atoms with E-state index in [-0.39, 0.29) is 0 Å². The lowest BCUT2D eigenvalue weighted by Crippen LogP contribution is -2.02. The molecule has 0 aliphatic rings. The molecule has 0 radical (unpaired) electrons. The number of hydrogen-bond donors (Lipinski definition) is 0. The molecule has 0 amide bonds. The Hall–Kier alpha value is -4.83. The van der Waals surface area contributed by atoms with Gasteiger partial charge in [-0.1, -0.05) is 67.3 Å². The fourth-order valence-corrected chi connectivity index (χ4v) is 3.85. The average Bonchev–Trinajstić information content (AvgIpc) is 3.27. The number of carbonyl (C=O) groups is 1. The van der Waals surface area contributed by atoms with E-state index in [0.29, 0.717) is 5.75 Å². The van der Waals surface area contributed by atoms with Gasteiger partial charge >= 0.3 is 5.97 Å². The van der Waals surface area contributed by atoms with Gasteiger partial charge in [0.15, 0.2) is 0 Å². The van der Waals surface area contributed by atoms with Gasteiger partial charge in [-0.3, -0.25) is 0 Å². The predicted molar refractivity (Wildman–Crippen MR) is 141 cm³/mol. The van der Waals surface area contributed by atoms with E-state index >= 15 is 0 Å². The van der Waals surface area contributed by atoms with Gasteiger partial charge in [0.05, 0.1) is 5.52 Å². The molecule has 0 N–H and O–H groups in total. The van der Waals surface area contributed by atoms with Crippen molar-refractivity contribution in [2.75, 3.05) is 0 Å². The molecule has 170 valence electrons. The topological polar surface area (TPSA) is 40.5 Å². The lowest BCUT2D eigenvalue weighted by atomic mass is 10.1. The van der Waals surface area contributed by atoms with E-state index in [2.05, 4.69) is 41.6 Å². The molecule has 4 nitrogen and oxygen atoms in total. The van der Waals surface area contributed by atoms with Crippen LogP contribution in [-0.4, -0.2) is 10.5 Å². The molecule has 0 aliphatic carbocycles. The molecule has 0 bridgehead atoms. The van der Waals surface area contributed by atoms with Crippen molar-refractivity contribution in [3.63, 3.8) is 0 Å². The Labute approximate surface area is 204 Å². The van der Waals surface area contributed by atoms with Crippen molar-refractivity contribution in [3.05, 3.63) is 133 Å². The van der Waals surface area contributed by atoms with Crippen LogP contribution < -0.4 is 9.47 Å². The van der Waals surface area contributed by atoms with Crippen LogP contribution in [0.1, 0.15) is 11.1 Å². The van der Waals surface area contributed by atoms with Gasteiger partial charge in [-0.15, -0.1) is 0 Å². The van der Waals surface area contributed by atoms with Gasteiger partial charge in [-0.2, -0.15) is 0 Å². The summed E-state index contributed by atoms with van der Waals surface area (Å²) >= 11 is 0. The minimum absolute atomic E-state index is 0.473. The minimum atomic E-state index is -0.487. The van der Waals surface area contributed by atoms with E-state index in [1.165, 1.54) is 0 Å². The first-order chi connectivity index (χ1) is 17.2. The highest BCUT2D eigenvalue weighted by atomic mass is 16.5. The molecule has 0 atom stereocenters. The summed E-state index contributed by atoms with van der Waals surface area (Å²) in [6.07, 6.45) is 7.37. The lowest BCUT2D eigenvalue weighted by Gasteiger charge is -2.09. The standard InChI is InChI=1S/C31H23NO3/c1-2-31(33)35-28-19-20-30-29(21-28)24(14-13-23-9-5-3-6-10-23)22-32(30)25-15-17-27(18-16-25)34-26-11-7-4-8-12-26/h2-22H,1H2. The third kappa shape index (κ3) is 5.07. The van der Waals surface area contributed by atoms with Crippen LogP contribution in [0.15, 0.2) is 122 Å². The number of carbonyl (C=O) groups excluding carboxylic acids is 1. The molecule has 1 aromatic heterocycles. The average molecular weight is 458 g/mol. The van der Waals surface area contributed by atoms with E-state index in [9.17, 15) is 4.79 Å². The minimum Gasteiger partial charge on any atom is -0.457 e. The summed E-state index contributed by atoms with van der Waals surface area (Å²) in [5, 5.41) is 0.969. The second-order valence-electron chi connectivity index (χ2n) is 7.91. The van der Waals surface area contributed by atoms with Gasteiger partial charge in [0.25, 0.3) is 0 Å². The third-order valence-electron chi connectivity index (χ3n) is 5.54. The maximum atomic E-state index is 11.7. The summed E-state index contributed by atoms with van der Waals surface area (Å²) in [6, 6.07) is 33.4. The van der Waals surface area contributed by atoms with E-state index in [0.717, 1.165) is 45.3 Å². The van der Waals surface area contributed by atoms with Crippen LogP contribution in [0, 0.1) is 0 Å². The molecule has 5 aromatic rings. The van der Waals surface area contributed by atoms with Crippen LogP contribution in [0.4, 0.5) is 0 Å². The van der Waals surface area contributed by atoms with Crippen LogP contribution in [0.25, 0.3) is 28.7 Å². The Bertz CT molecular complexity index is 1500. The van der Waals surface area contributed by atoms with Gasteiger partial charge in [-0.25, -0.2) is 4.79 Å². The van der Waals surface area contributed by atoms with Crippen molar-refractivity contribution >= 4 is 29.0 Å². The Morgan fingerprint density at radius 3 is 2.11 bits per heavy atom. The molecule has 0 spiro atoms. The Morgan fingerprint density at radius 1 is 0.743 bits per heavy atom. The van der Waals surface area contributed by atoms with Gasteiger partial charge in [-0.05, 0) is 60.2 Å². The zero-order chi connectivity index (χ0) is 24.0. The summed E-state index contributed by atoms with van der Waals surface area (Å²) in [5.74, 6) is 1.54. The number of para-hydroxylation sites is 1.